The van der Waals surface area contributed by atoms with Crippen molar-refractivity contribution in [3.63, 3.8) is 0 Å². The van der Waals surface area contributed by atoms with Crippen LogP contribution in [0.2, 0.25) is 0 Å². The number of nitrogens with zero attached hydrogens (tertiary/aromatic N) is 4. The van der Waals surface area contributed by atoms with Gasteiger partial charge in [-0.1, -0.05) is 119 Å². The molecule has 9 atom stereocenters. The number of nitrogens with one attached hydrogen (secondary N) is 1. The fourth-order valence-corrected chi connectivity index (χ4v) is 8.99. The van der Waals surface area contributed by atoms with Gasteiger partial charge in [0.1, 0.15) is 6.04 Å². The minimum Gasteiger partial charge on any atom is -0.386 e. The molecule has 1 aliphatic rings. The Morgan fingerprint density at radius 2 is 1.52 bits per heavy atom. The Morgan fingerprint density at radius 1 is 0.915 bits per heavy atom. The van der Waals surface area contributed by atoms with Gasteiger partial charge in [-0.05, 0) is 56.4 Å². The second kappa shape index (κ2) is 33.6. The van der Waals surface area contributed by atoms with E-state index in [1.165, 1.54) is 9.80 Å². The zero-order valence-electron chi connectivity index (χ0n) is 46.5. The van der Waals surface area contributed by atoms with E-state index in [2.05, 4.69) is 45.3 Å². The first-order chi connectivity index (χ1) is 33.1. The van der Waals surface area contributed by atoms with Crippen LogP contribution in [0.1, 0.15) is 147 Å². The second-order valence-corrected chi connectivity index (χ2v) is 21.7. The summed E-state index contributed by atoms with van der Waals surface area (Å²) in [5.74, 6) is -1.94. The summed E-state index contributed by atoms with van der Waals surface area (Å²) in [5, 5.41) is 13.7. The number of carbonyl (C=O) groups is 7. The number of aliphatic hydroxyl groups excluding tert-OH is 1. The van der Waals surface area contributed by atoms with Crippen LogP contribution in [0.3, 0.4) is 0 Å². The van der Waals surface area contributed by atoms with Gasteiger partial charge in [0.15, 0.2) is 0 Å². The van der Waals surface area contributed by atoms with Crippen molar-refractivity contribution in [2.75, 3.05) is 47.9 Å². The van der Waals surface area contributed by atoms with E-state index >= 15 is 0 Å². The van der Waals surface area contributed by atoms with Crippen molar-refractivity contribution in [1.29, 1.82) is 0 Å². The third-order valence-electron chi connectivity index (χ3n) is 13.6. The Morgan fingerprint density at radius 3 is 1.99 bits per heavy atom. The van der Waals surface area contributed by atoms with E-state index in [9.17, 15) is 38.7 Å². The molecular weight excluding hydrogens is 925 g/mol. The zero-order valence-corrected chi connectivity index (χ0v) is 47.4. The maximum absolute atomic E-state index is 13.8. The molecule has 0 aliphatic carbocycles. The number of carbonyl (C=O) groups excluding carboxylic acids is 7. The number of allylic oxidation sites excluding steroid dienone is 3. The number of amides is 7. The third-order valence-corrected chi connectivity index (χ3v) is 13.9. The van der Waals surface area contributed by atoms with Gasteiger partial charge in [-0.3, -0.25) is 38.5 Å². The molecule has 17 heteroatoms. The molecule has 16 nitrogen and oxygen atoms in total. The number of likely N-dealkylation sites (tertiary alicyclic amines) is 1. The highest BCUT2D eigenvalue weighted by Gasteiger charge is 2.45. The number of primary amides is 1. The molecule has 9 unspecified atom stereocenters. The summed E-state index contributed by atoms with van der Waals surface area (Å²) in [5.41, 5.74) is 6.05. The molecule has 1 saturated heterocycles. The summed E-state index contributed by atoms with van der Waals surface area (Å²) >= 11 is 4.43. The monoisotopic (exact) mass is 1020 g/mol. The first kappa shape index (κ1) is 66.9. The van der Waals surface area contributed by atoms with Crippen LogP contribution in [-0.2, 0) is 43.0 Å². The van der Waals surface area contributed by atoms with Crippen molar-refractivity contribution in [1.82, 2.24) is 24.9 Å². The third kappa shape index (κ3) is 22.3. The molecule has 1 rings (SSSR count). The summed E-state index contributed by atoms with van der Waals surface area (Å²) in [7, 11) is 6.54. The fourth-order valence-electron chi connectivity index (χ4n) is 8.79. The van der Waals surface area contributed by atoms with Crippen LogP contribution in [0, 0.1) is 29.6 Å². The van der Waals surface area contributed by atoms with E-state index < -0.39 is 47.0 Å². The number of rotatable bonds is 32. The van der Waals surface area contributed by atoms with Gasteiger partial charge < -0.3 is 40.3 Å². The van der Waals surface area contributed by atoms with Gasteiger partial charge in [-0.25, -0.2) is 0 Å². The first-order valence-corrected chi connectivity index (χ1v) is 26.2. The molecule has 1 aliphatic heterocycles. The van der Waals surface area contributed by atoms with E-state index in [4.69, 9.17) is 15.2 Å². The van der Waals surface area contributed by atoms with E-state index in [0.717, 1.165) is 19.3 Å². The normalized spacial score (nSPS) is 17.7. The van der Waals surface area contributed by atoms with Crippen molar-refractivity contribution >= 4 is 54.0 Å². The van der Waals surface area contributed by atoms with E-state index in [0.29, 0.717) is 50.8 Å². The Labute approximate surface area is 433 Å². The lowest BCUT2D eigenvalue weighted by Crippen LogP contribution is -2.52. The highest BCUT2D eigenvalue weighted by Crippen LogP contribution is 2.34. The van der Waals surface area contributed by atoms with Gasteiger partial charge in [0.2, 0.25) is 41.4 Å². The summed E-state index contributed by atoms with van der Waals surface area (Å²) in [6, 6.07) is -1.41. The van der Waals surface area contributed by atoms with E-state index in [1.54, 1.807) is 76.3 Å². The Bertz CT molecular complexity index is 1770. The summed E-state index contributed by atoms with van der Waals surface area (Å²) in [4.78, 5) is 94.6. The first-order valence-electron chi connectivity index (χ1n) is 25.8. The van der Waals surface area contributed by atoms with Crippen LogP contribution in [0.4, 0.5) is 0 Å². The number of ether oxygens (including phenoxy) is 2. The predicted molar refractivity (Wildman–Crippen MR) is 286 cm³/mol. The van der Waals surface area contributed by atoms with Crippen LogP contribution in [0.5, 0.6) is 0 Å². The predicted octanol–water partition coefficient (Wildman–Crippen LogP) is 6.74. The molecule has 7 amide bonds. The molecule has 71 heavy (non-hydrogen) atoms. The Kier molecular flexibility index (Phi) is 31.7. The Hall–Kier alpha value is -4.06. The average Bonchev–Trinajstić information content (AvgIpc) is 3.60. The topological polar surface area (TPSA) is 209 Å². The standard InChI is InChI=1S/C35H63N3O6.C19H33N3O4S/c1-13-17-19-28(16-4)34(41)27(9)36-35(42)26(8)30(44-12)23-38(20-18-14-2)32(40)22-29(43-11)33(25(7)15-3)37(10)31(39)21-24(5)6;1-12(2)16(17(20)25)21(5)14(23)9-7-6-8-10-22-15(24)11-13(18(22)26)19(3,4)27/h13,16-17,19,24-27,29-30,33-34,41H,1,14-15,18,20-23H2,2-12H3,(H,36,42);12-13,16,27H,6-11H2,1-5H3,(H2,20,25)/b19-17-,28-16+;. The van der Waals surface area contributed by atoms with Crippen LogP contribution < -0.4 is 11.1 Å². The second-order valence-electron chi connectivity index (χ2n) is 20.5. The molecule has 0 aromatic heterocycles. The number of unbranched alkanes of at least 4 members (excludes halogenated alkanes) is 3. The molecule has 1 fully saturated rings. The number of methoxy groups -OCH3 is 2. The molecular formula is C54H96N6O10S. The molecule has 0 saturated carbocycles. The summed E-state index contributed by atoms with van der Waals surface area (Å²) < 4.78 is 11.1. The number of aliphatic hydroxyl groups is 1. The molecule has 4 N–H and O–H groups in total. The minimum atomic E-state index is -0.897. The SMILES string of the molecule is C=C/C=C\C(=C/C)C(O)C(C)NC(=O)C(C)C(CN(CCCC)C(=O)CC(OC)C(C(C)CC)N(C)C(=O)CC(C)C)OC.CC(C)C(C(N)=O)N(C)C(=O)CCCCCN1C(=O)CC(C(C)(C)S)C1=O. The lowest BCUT2D eigenvalue weighted by Gasteiger charge is -2.39. The smallest absolute Gasteiger partial charge is 0.240 e. The van der Waals surface area contributed by atoms with Crippen LogP contribution >= 0.6 is 12.6 Å². The van der Waals surface area contributed by atoms with Crippen molar-refractivity contribution in [2.24, 2.45) is 35.3 Å². The van der Waals surface area contributed by atoms with Gasteiger partial charge in [0, 0.05) is 72.0 Å². The number of hydrogen-bond donors (Lipinski definition) is 4. The quantitative estimate of drug-likeness (QED) is 0.0241. The van der Waals surface area contributed by atoms with Gasteiger partial charge >= 0.3 is 0 Å². The largest absolute Gasteiger partial charge is 0.386 e. The lowest BCUT2D eigenvalue weighted by atomic mass is 9.90. The van der Waals surface area contributed by atoms with Crippen molar-refractivity contribution in [3.8, 4) is 0 Å². The minimum absolute atomic E-state index is 0.0412. The maximum Gasteiger partial charge on any atom is 0.240 e. The van der Waals surface area contributed by atoms with Gasteiger partial charge in [-0.2, -0.15) is 12.6 Å². The van der Waals surface area contributed by atoms with Crippen LogP contribution in [-0.4, -0.2) is 155 Å². The van der Waals surface area contributed by atoms with Crippen LogP contribution in [0.25, 0.3) is 0 Å². The molecule has 0 radical (unpaired) electrons. The average molecular weight is 1020 g/mol. The molecule has 1 heterocycles. The molecule has 0 bridgehead atoms. The number of imide groups is 1. The molecule has 0 aromatic carbocycles. The van der Waals surface area contributed by atoms with Crippen molar-refractivity contribution < 1.29 is 48.1 Å². The Balaban J connectivity index is 0.00000154. The lowest BCUT2D eigenvalue weighted by molar-refractivity contribution is -0.144. The highest BCUT2D eigenvalue weighted by molar-refractivity contribution is 7.81. The van der Waals surface area contributed by atoms with Gasteiger partial charge in [-0.15, -0.1) is 0 Å². The zero-order chi connectivity index (χ0) is 54.9. The number of hydrogen-bond acceptors (Lipinski definition) is 11. The molecule has 0 aromatic rings. The number of thiol groups is 1. The van der Waals surface area contributed by atoms with Crippen molar-refractivity contribution in [3.05, 3.63) is 36.5 Å². The number of nitrogens with two attached hydrogens (primary N) is 1. The van der Waals surface area contributed by atoms with E-state index in [1.807, 2.05) is 48.5 Å². The van der Waals surface area contributed by atoms with Crippen molar-refractivity contribution in [2.45, 2.75) is 188 Å². The number of likely N-dealkylation sites (N-methyl/N-ethyl adjacent to an activating group) is 2. The fraction of sp³-hybridized carbons (Fsp3) is 0.759. The molecule has 0 spiro atoms. The molecule has 408 valence electrons. The van der Waals surface area contributed by atoms with Gasteiger partial charge in [0.05, 0.1) is 48.7 Å². The van der Waals surface area contributed by atoms with Gasteiger partial charge in [0.25, 0.3) is 0 Å². The van der Waals surface area contributed by atoms with Crippen LogP contribution in [0.15, 0.2) is 36.5 Å². The maximum atomic E-state index is 13.8. The highest BCUT2D eigenvalue weighted by atomic mass is 32.1. The summed E-state index contributed by atoms with van der Waals surface area (Å²) in [6.07, 6.45) is 10.6. The van der Waals surface area contributed by atoms with E-state index in [-0.39, 0.29) is 84.5 Å². The summed E-state index contributed by atoms with van der Waals surface area (Å²) in [6.45, 7) is 27.8.